The molecule has 13 heteroatoms. The molecule has 53 heavy (non-hydrogen) atoms. The van der Waals surface area contributed by atoms with Gasteiger partial charge in [0.2, 0.25) is 0 Å². The van der Waals surface area contributed by atoms with Crippen LogP contribution < -0.4 is 20.7 Å². The maximum atomic E-state index is 13.2. The summed E-state index contributed by atoms with van der Waals surface area (Å²) in [7, 11) is 1.68. The first-order valence-electron chi connectivity index (χ1n) is 17.7. The van der Waals surface area contributed by atoms with Gasteiger partial charge >= 0.3 is 5.69 Å². The van der Waals surface area contributed by atoms with Crippen LogP contribution in [0.1, 0.15) is 69.0 Å². The monoisotopic (exact) mass is 760 g/mol. The lowest BCUT2D eigenvalue weighted by Crippen LogP contribution is -2.36. The van der Waals surface area contributed by atoms with Crippen LogP contribution in [0.25, 0.3) is 0 Å². The number of methoxy groups -OCH3 is 2. The zero-order valence-electron chi connectivity index (χ0n) is 31.4. The molecular formula is C40H49N4O7PS. The van der Waals surface area contributed by atoms with E-state index in [0.29, 0.717) is 17.7 Å². The Balaban J connectivity index is 1.60. The van der Waals surface area contributed by atoms with Crippen molar-refractivity contribution in [3.8, 4) is 17.6 Å². The number of hydrogen-bond donors (Lipinski definition) is 1. The van der Waals surface area contributed by atoms with Gasteiger partial charge in [-0.05, 0) is 75.6 Å². The number of aryl methyl sites for hydroxylation is 1. The van der Waals surface area contributed by atoms with Gasteiger partial charge in [-0.2, -0.15) is 5.26 Å². The molecule has 282 valence electrons. The van der Waals surface area contributed by atoms with E-state index in [9.17, 15) is 14.9 Å². The number of hydrogen-bond acceptors (Lipinski definition) is 10. The van der Waals surface area contributed by atoms with Gasteiger partial charge in [-0.25, -0.2) is 9.46 Å². The van der Waals surface area contributed by atoms with Gasteiger partial charge in [0.15, 0.2) is 0 Å². The molecule has 4 atom stereocenters. The van der Waals surface area contributed by atoms with E-state index in [1.54, 1.807) is 39.1 Å². The van der Waals surface area contributed by atoms with E-state index >= 15 is 0 Å². The Hall–Kier alpha value is -3.95. The summed E-state index contributed by atoms with van der Waals surface area (Å²) in [5.41, 5.74) is 2.55. The van der Waals surface area contributed by atoms with Crippen molar-refractivity contribution in [1.82, 2.24) is 14.2 Å². The normalized spacial score (nSPS) is 18.0. The Labute approximate surface area is 317 Å². The van der Waals surface area contributed by atoms with Crippen molar-refractivity contribution in [1.29, 1.82) is 5.26 Å². The average molecular weight is 761 g/mol. The minimum absolute atomic E-state index is 0.0921. The molecule has 0 saturated carbocycles. The third-order valence-corrected chi connectivity index (χ3v) is 13.0. The molecule has 1 fully saturated rings. The molecule has 0 aliphatic carbocycles. The van der Waals surface area contributed by atoms with E-state index in [1.807, 2.05) is 42.5 Å². The van der Waals surface area contributed by atoms with E-state index in [-0.39, 0.29) is 25.1 Å². The van der Waals surface area contributed by atoms with E-state index in [2.05, 4.69) is 79.8 Å². The highest BCUT2D eigenvalue weighted by molar-refractivity contribution is 8.00. The number of H-pyrrole nitrogens is 1. The number of aromatic amines is 1. The number of nitrogens with zero attached hydrogens (tertiary/aromatic N) is 3. The summed E-state index contributed by atoms with van der Waals surface area (Å²) in [5.74, 6) is 1.95. The number of ether oxygens (including phenoxy) is 3. The van der Waals surface area contributed by atoms with Gasteiger partial charge < -0.3 is 23.3 Å². The first-order valence-corrected chi connectivity index (χ1v) is 19.8. The molecule has 1 aromatic heterocycles. The lowest BCUT2D eigenvalue weighted by atomic mass is 9.84. The van der Waals surface area contributed by atoms with Crippen LogP contribution in [-0.2, 0) is 18.5 Å². The second kappa shape index (κ2) is 18.4. The van der Waals surface area contributed by atoms with Crippen molar-refractivity contribution in [3.63, 3.8) is 0 Å². The molecule has 2 heterocycles. The van der Waals surface area contributed by atoms with Crippen molar-refractivity contribution in [2.75, 3.05) is 26.6 Å². The fourth-order valence-electron chi connectivity index (χ4n) is 6.62. The van der Waals surface area contributed by atoms with Crippen molar-refractivity contribution < 1.29 is 23.3 Å². The van der Waals surface area contributed by atoms with Crippen molar-refractivity contribution >= 4 is 20.3 Å². The molecule has 11 nitrogen and oxygen atoms in total. The lowest BCUT2D eigenvalue weighted by molar-refractivity contribution is -0.00643. The first-order chi connectivity index (χ1) is 25.5. The summed E-state index contributed by atoms with van der Waals surface area (Å²) in [4.78, 5) is 27.9. The van der Waals surface area contributed by atoms with Gasteiger partial charge in [-0.1, -0.05) is 54.6 Å². The Kier molecular flexibility index (Phi) is 14.0. The molecule has 1 saturated heterocycles. The summed E-state index contributed by atoms with van der Waals surface area (Å²) in [6, 6.07) is 28.9. The Morgan fingerprint density at radius 2 is 1.51 bits per heavy atom. The lowest BCUT2D eigenvalue weighted by Gasteiger charge is -2.38. The summed E-state index contributed by atoms with van der Waals surface area (Å²) in [5, 5.41) is 9.31. The second-order valence-corrected chi connectivity index (χ2v) is 16.0. The number of nitrogens with one attached hydrogen (secondary N) is 1. The Bertz CT molecular complexity index is 1870. The van der Waals surface area contributed by atoms with Crippen LogP contribution in [-0.4, -0.2) is 65.1 Å². The highest BCUT2D eigenvalue weighted by Gasteiger charge is 2.45. The topological polar surface area (TPSA) is 128 Å². The molecule has 0 bridgehead atoms. The molecule has 4 aromatic rings. The minimum Gasteiger partial charge on any atom is -0.497 e. The average Bonchev–Trinajstić information content (AvgIpc) is 3.56. The van der Waals surface area contributed by atoms with Gasteiger partial charge in [0, 0.05) is 36.0 Å². The van der Waals surface area contributed by atoms with E-state index in [1.165, 1.54) is 4.57 Å². The second-order valence-electron chi connectivity index (χ2n) is 13.3. The van der Waals surface area contributed by atoms with Crippen LogP contribution in [0.5, 0.6) is 11.5 Å². The van der Waals surface area contributed by atoms with Gasteiger partial charge in [0.25, 0.3) is 14.1 Å². The maximum Gasteiger partial charge on any atom is 0.330 e. The minimum atomic E-state index is -1.62. The van der Waals surface area contributed by atoms with E-state index in [0.717, 1.165) is 28.2 Å². The molecule has 5 rings (SSSR count). The molecule has 0 radical (unpaired) electrons. The number of rotatable bonds is 17. The van der Waals surface area contributed by atoms with Crippen LogP contribution in [0.4, 0.5) is 0 Å². The van der Waals surface area contributed by atoms with Gasteiger partial charge in [0.1, 0.15) is 17.7 Å². The van der Waals surface area contributed by atoms with Crippen molar-refractivity contribution in [2.45, 2.75) is 82.7 Å². The molecule has 0 amide bonds. The van der Waals surface area contributed by atoms with Crippen molar-refractivity contribution in [3.05, 3.63) is 128 Å². The maximum absolute atomic E-state index is 13.2. The first kappa shape index (κ1) is 40.2. The molecule has 1 aliphatic heterocycles. The van der Waals surface area contributed by atoms with Crippen LogP contribution >= 0.6 is 20.3 Å². The molecular weight excluding hydrogens is 712 g/mol. The number of nitriles is 1. The molecule has 1 unspecified atom stereocenters. The molecule has 3 aromatic carbocycles. The zero-order valence-corrected chi connectivity index (χ0v) is 33.1. The van der Waals surface area contributed by atoms with Crippen LogP contribution in [0.2, 0.25) is 0 Å². The fraction of sp³-hybridized carbons (Fsp3) is 0.425. The molecule has 0 spiro atoms. The number of benzene rings is 3. The highest BCUT2D eigenvalue weighted by Crippen LogP contribution is 2.53. The van der Waals surface area contributed by atoms with Crippen molar-refractivity contribution in [2.24, 2.45) is 0 Å². The summed E-state index contributed by atoms with van der Waals surface area (Å²) < 4.78 is 34.0. The van der Waals surface area contributed by atoms with E-state index in [4.69, 9.17) is 23.3 Å². The standard InChI is InChI=1S/C40H49N4O7PS/c1-27(2)44(28(3)4)52(49-23-11-22-41)51-35-24-37(43-25-29(5)38(45)42-39(43)46)50-36(35)26-53-40(30-12-9-8-10-13-30,31-14-18-33(47-6)19-15-31)32-16-20-34(48-7)21-17-32/h8-10,12-21,25,27-28,35-37H,11,23-24,26H2,1-7H3,(H,42,45,46)/t35-,36+,37+,52?/m0/s1. The van der Waals surface area contributed by atoms with Crippen LogP contribution in [0.15, 0.2) is 94.6 Å². The summed E-state index contributed by atoms with van der Waals surface area (Å²) >= 11 is 1.71. The predicted molar refractivity (Wildman–Crippen MR) is 209 cm³/mol. The molecule has 1 aliphatic rings. The van der Waals surface area contributed by atoms with Gasteiger partial charge in [0.05, 0.1) is 50.3 Å². The van der Waals surface area contributed by atoms with Crippen LogP contribution in [0, 0.1) is 18.3 Å². The van der Waals surface area contributed by atoms with Crippen LogP contribution in [0.3, 0.4) is 0 Å². The third-order valence-electron chi connectivity index (χ3n) is 9.16. The number of thioether (sulfide) groups is 1. The third kappa shape index (κ3) is 9.23. The fourth-order valence-corrected chi connectivity index (χ4v) is 10.00. The smallest absolute Gasteiger partial charge is 0.330 e. The quantitative estimate of drug-likeness (QED) is 0.0655. The highest BCUT2D eigenvalue weighted by atomic mass is 32.2. The van der Waals surface area contributed by atoms with Gasteiger partial charge in [-0.3, -0.25) is 14.3 Å². The largest absolute Gasteiger partial charge is 0.497 e. The zero-order chi connectivity index (χ0) is 38.1. The SMILES string of the molecule is COc1ccc(C(SC[C@H]2O[C@@H](n3cc(C)c(=O)[nH]c3=O)C[C@@H]2OP(OCCC#N)N(C(C)C)C(C)C)(c2ccccc2)c2ccc(OC)cc2)cc1. The predicted octanol–water partition coefficient (Wildman–Crippen LogP) is 7.54. The number of aromatic nitrogens is 2. The van der Waals surface area contributed by atoms with E-state index < -0.39 is 43.0 Å². The summed E-state index contributed by atoms with van der Waals surface area (Å²) in [6.45, 7) is 10.2. The molecule has 1 N–H and O–H groups in total. The van der Waals surface area contributed by atoms with Gasteiger partial charge in [-0.15, -0.1) is 11.8 Å². The summed E-state index contributed by atoms with van der Waals surface area (Å²) in [6.07, 6.45) is 0.399. The Morgan fingerprint density at radius 3 is 2.04 bits per heavy atom. The Morgan fingerprint density at radius 1 is 0.943 bits per heavy atom.